The van der Waals surface area contributed by atoms with Crippen LogP contribution >= 0.6 is 7.14 Å². The second-order valence-corrected chi connectivity index (χ2v) is 20.7. The Morgan fingerprint density at radius 3 is 2.42 bits per heavy atom. The van der Waals surface area contributed by atoms with Gasteiger partial charge in [-0.3, -0.25) is 29.5 Å². The Morgan fingerprint density at radius 2 is 1.70 bits per heavy atom. The predicted octanol–water partition coefficient (Wildman–Crippen LogP) is 4.79. The molecule has 0 bridgehead atoms. The molecule has 3 aromatic carbocycles. The summed E-state index contributed by atoms with van der Waals surface area (Å²) in [7, 11) is -0.935. The maximum atomic E-state index is 13.3. The zero-order valence-electron chi connectivity index (χ0n) is 37.9. The van der Waals surface area contributed by atoms with Crippen molar-refractivity contribution in [3.8, 4) is 17.2 Å². The van der Waals surface area contributed by atoms with E-state index in [1.54, 1.807) is 48.6 Å². The molecule has 18 nitrogen and oxygen atoms in total. The molecule has 66 heavy (non-hydrogen) atoms. The van der Waals surface area contributed by atoms with Gasteiger partial charge in [0.2, 0.25) is 17.8 Å². The molecule has 1 unspecified atom stereocenters. The minimum absolute atomic E-state index is 0.197. The second-order valence-electron chi connectivity index (χ2n) is 17.5. The van der Waals surface area contributed by atoms with Crippen LogP contribution in [0.4, 0.5) is 28.8 Å². The number of carbonyl (C=O) groups excluding carboxylic acids is 3. The molecule has 19 heteroatoms. The Bertz CT molecular complexity index is 2640. The highest BCUT2D eigenvalue weighted by molar-refractivity contribution is 7.70. The summed E-state index contributed by atoms with van der Waals surface area (Å²) in [6, 6.07) is 17.1. The first-order chi connectivity index (χ1) is 32.0. The maximum absolute atomic E-state index is 13.3. The number of benzene rings is 3. The van der Waals surface area contributed by atoms with Crippen LogP contribution in [0.3, 0.4) is 0 Å². The van der Waals surface area contributed by atoms with Crippen LogP contribution in [0.25, 0.3) is 5.69 Å². The van der Waals surface area contributed by atoms with Gasteiger partial charge in [0.25, 0.3) is 5.91 Å². The van der Waals surface area contributed by atoms with Crippen LogP contribution in [-0.4, -0.2) is 142 Å². The summed E-state index contributed by atoms with van der Waals surface area (Å²) < 4.78 is 27.0. The highest BCUT2D eigenvalue weighted by Gasteiger charge is 2.40. The number of aromatic nitrogens is 5. The monoisotopic (exact) mass is 916 g/mol. The minimum Gasteiger partial charge on any atom is -0.494 e. The summed E-state index contributed by atoms with van der Waals surface area (Å²) in [5.41, 5.74) is 5.75. The maximum Gasteiger partial charge on any atom is 0.255 e. The van der Waals surface area contributed by atoms with Crippen LogP contribution < -0.4 is 35.6 Å². The first kappa shape index (κ1) is 44.8. The lowest BCUT2D eigenvalue weighted by atomic mass is 9.99. The molecule has 5 aromatic rings. The van der Waals surface area contributed by atoms with Crippen molar-refractivity contribution in [1.29, 1.82) is 0 Å². The molecule has 2 aromatic heterocycles. The van der Waals surface area contributed by atoms with E-state index in [9.17, 15) is 18.9 Å². The standard InChI is InChI=1S/C47H57N12O6P/c1-5-31-25-36(52-47-49-27-39(59-30-48-29-50-59)44(54-47)51-35-10-6-7-12-42(35)66(3,4)63)41(64-2)26-38(31)57-17-15-32(16-18-57)56-21-19-55(20-22-56)23-24-65-40-11-8-9-33-34(40)28-58(46(33)62)37-13-14-43(60)53-45(37)61/h6-12,25-27,29-30,32,37H,5,13-24,28H2,1-4H3,(H,53,60,61)(H2,49,51,52,54). The summed E-state index contributed by atoms with van der Waals surface area (Å²) in [5, 5.41) is 14.2. The van der Waals surface area contributed by atoms with Crippen LogP contribution in [0.1, 0.15) is 54.1 Å². The zero-order valence-corrected chi connectivity index (χ0v) is 38.8. The lowest BCUT2D eigenvalue weighted by molar-refractivity contribution is -0.136. The molecule has 0 spiro atoms. The zero-order chi connectivity index (χ0) is 46.0. The molecule has 4 aliphatic heterocycles. The number of piperazine rings is 1. The van der Waals surface area contributed by atoms with E-state index in [1.165, 1.54) is 17.6 Å². The molecule has 6 heterocycles. The summed E-state index contributed by atoms with van der Waals surface area (Å²) >= 11 is 0. The fraction of sp³-hybridized carbons (Fsp3) is 0.426. The molecular formula is C47H57N12O6P. The molecule has 3 amide bonds. The smallest absolute Gasteiger partial charge is 0.255 e. The van der Waals surface area contributed by atoms with Crippen molar-refractivity contribution in [3.63, 3.8) is 0 Å². The summed E-state index contributed by atoms with van der Waals surface area (Å²) in [4.78, 5) is 60.2. The molecule has 3 N–H and O–H groups in total. The van der Waals surface area contributed by atoms with Crippen molar-refractivity contribution in [2.24, 2.45) is 0 Å². The van der Waals surface area contributed by atoms with Crippen molar-refractivity contribution in [1.82, 2.24) is 44.7 Å². The summed E-state index contributed by atoms with van der Waals surface area (Å²) in [5.74, 6) is 1.27. The van der Waals surface area contributed by atoms with Crippen LogP contribution in [0, 0.1) is 0 Å². The van der Waals surface area contributed by atoms with Crippen molar-refractivity contribution >= 4 is 59.0 Å². The number of nitrogens with one attached hydrogen (secondary N) is 3. The number of ether oxygens (including phenoxy) is 2. The van der Waals surface area contributed by atoms with Crippen molar-refractivity contribution in [2.45, 2.75) is 57.7 Å². The van der Waals surface area contributed by atoms with Gasteiger partial charge in [0.1, 0.15) is 49.6 Å². The molecule has 0 radical (unpaired) electrons. The average molecular weight is 917 g/mol. The van der Waals surface area contributed by atoms with E-state index in [0.29, 0.717) is 65.8 Å². The van der Waals surface area contributed by atoms with E-state index in [-0.39, 0.29) is 18.2 Å². The van der Waals surface area contributed by atoms with E-state index in [1.807, 2.05) is 36.4 Å². The number of fused-ring (bicyclic) bond motifs is 1. The summed E-state index contributed by atoms with van der Waals surface area (Å²) in [6.07, 6.45) is 8.22. The highest BCUT2D eigenvalue weighted by Crippen LogP contribution is 2.40. The van der Waals surface area contributed by atoms with Gasteiger partial charge in [0.05, 0.1) is 31.2 Å². The van der Waals surface area contributed by atoms with E-state index in [0.717, 1.165) is 81.6 Å². The van der Waals surface area contributed by atoms with Gasteiger partial charge in [-0.25, -0.2) is 14.6 Å². The van der Waals surface area contributed by atoms with E-state index in [4.69, 9.17) is 14.5 Å². The number of anilines is 5. The van der Waals surface area contributed by atoms with Gasteiger partial charge in [-0.15, -0.1) is 0 Å². The number of carbonyl (C=O) groups is 3. The third kappa shape index (κ3) is 9.48. The molecule has 3 saturated heterocycles. The number of methoxy groups -OCH3 is 1. The molecule has 1 atom stereocenters. The Labute approximate surface area is 384 Å². The van der Waals surface area contributed by atoms with Gasteiger partial charge < -0.3 is 34.5 Å². The van der Waals surface area contributed by atoms with Gasteiger partial charge in [-0.05, 0) is 74.9 Å². The van der Waals surface area contributed by atoms with Gasteiger partial charge >= 0.3 is 0 Å². The van der Waals surface area contributed by atoms with Crippen LogP contribution in [0.2, 0.25) is 0 Å². The molecule has 9 rings (SSSR count). The Balaban J connectivity index is 0.791. The number of hydrogen-bond acceptors (Lipinski definition) is 15. The van der Waals surface area contributed by atoms with E-state index in [2.05, 4.69) is 64.8 Å². The molecule has 0 aliphatic carbocycles. The highest BCUT2D eigenvalue weighted by atomic mass is 31.2. The second kappa shape index (κ2) is 19.2. The lowest BCUT2D eigenvalue weighted by Crippen LogP contribution is -2.53. The average Bonchev–Trinajstić information content (AvgIpc) is 3.98. The van der Waals surface area contributed by atoms with Gasteiger partial charge in [-0.2, -0.15) is 10.1 Å². The van der Waals surface area contributed by atoms with Gasteiger partial charge in [-0.1, -0.05) is 25.1 Å². The third-order valence-electron chi connectivity index (χ3n) is 13.1. The number of hydrogen-bond donors (Lipinski definition) is 3. The fourth-order valence-electron chi connectivity index (χ4n) is 9.58. The van der Waals surface area contributed by atoms with Gasteiger partial charge in [0.15, 0.2) is 5.82 Å². The topological polar surface area (TPSA) is 192 Å². The molecule has 3 fully saturated rings. The number of amides is 3. The van der Waals surface area contributed by atoms with Gasteiger partial charge in [0, 0.05) is 86.5 Å². The van der Waals surface area contributed by atoms with Crippen molar-refractivity contribution in [2.75, 3.05) is 88.4 Å². The Hall–Kier alpha value is -6.36. The molecular weight excluding hydrogens is 860 g/mol. The van der Waals surface area contributed by atoms with Crippen molar-refractivity contribution < 1.29 is 28.4 Å². The molecule has 0 saturated carbocycles. The predicted molar refractivity (Wildman–Crippen MR) is 253 cm³/mol. The number of imide groups is 1. The number of nitrogens with zero attached hydrogens (tertiary/aromatic N) is 9. The van der Waals surface area contributed by atoms with Crippen molar-refractivity contribution in [3.05, 3.63) is 90.1 Å². The molecule has 346 valence electrons. The molecule has 4 aliphatic rings. The minimum atomic E-state index is -2.61. The normalized spacial score (nSPS) is 18.6. The number of aryl methyl sites for hydroxylation is 1. The quantitative estimate of drug-likeness (QED) is 0.0959. The van der Waals surface area contributed by atoms with E-state index >= 15 is 0 Å². The Morgan fingerprint density at radius 1 is 0.894 bits per heavy atom. The third-order valence-corrected chi connectivity index (χ3v) is 14.7. The fourth-order valence-corrected chi connectivity index (χ4v) is 10.7. The summed E-state index contributed by atoms with van der Waals surface area (Å²) in [6.45, 7) is 13.0. The number of piperidine rings is 2. The number of rotatable bonds is 15. The largest absolute Gasteiger partial charge is 0.494 e. The van der Waals surface area contributed by atoms with Crippen LogP contribution in [0.15, 0.2) is 73.4 Å². The first-order valence-electron chi connectivity index (χ1n) is 22.7. The number of para-hydroxylation sites is 1. The van der Waals surface area contributed by atoms with E-state index < -0.39 is 19.1 Å². The SMILES string of the molecule is CCc1cc(Nc2ncc(-n3cncn3)c(Nc3ccccc3P(C)(C)=O)n2)c(OC)cc1N1CCC(N2CCN(CCOc3cccc4c3CN(C3CCC(=O)NC3=O)C4=O)CC2)CC1. The lowest BCUT2D eigenvalue weighted by Gasteiger charge is -2.43. The Kier molecular flexibility index (Phi) is 13.1. The van der Waals surface area contributed by atoms with Crippen LogP contribution in [0.5, 0.6) is 11.5 Å². The first-order valence-corrected chi connectivity index (χ1v) is 25.3. The van der Waals surface area contributed by atoms with Crippen LogP contribution in [-0.2, 0) is 27.1 Å².